The van der Waals surface area contributed by atoms with Gasteiger partial charge in [0.1, 0.15) is 5.76 Å². The van der Waals surface area contributed by atoms with Crippen LogP contribution in [0.2, 0.25) is 0 Å². The van der Waals surface area contributed by atoms with Crippen LogP contribution < -0.4 is 5.32 Å². The quantitative estimate of drug-likeness (QED) is 0.829. The van der Waals surface area contributed by atoms with Crippen molar-refractivity contribution in [1.82, 2.24) is 30.0 Å². The first kappa shape index (κ1) is 15.6. The first-order chi connectivity index (χ1) is 11.0. The normalized spacial score (nSPS) is 21.9. The van der Waals surface area contributed by atoms with E-state index in [0.717, 1.165) is 13.1 Å². The monoisotopic (exact) mass is 319 g/mol. The Balaban J connectivity index is 1.61. The molecule has 3 rings (SSSR count). The average molecular weight is 319 g/mol. The molecule has 0 spiro atoms. The molecule has 0 bridgehead atoms. The zero-order valence-corrected chi connectivity index (χ0v) is 13.5. The molecule has 0 unspecified atom stereocenters. The van der Waals surface area contributed by atoms with Gasteiger partial charge in [-0.15, -0.1) is 5.10 Å². The molecule has 1 N–H and O–H groups in total. The van der Waals surface area contributed by atoms with Gasteiger partial charge in [-0.1, -0.05) is 10.4 Å². The lowest BCUT2D eigenvalue weighted by atomic mass is 10.1. The molecule has 2 aromatic heterocycles. The minimum absolute atomic E-state index is 0.102. The zero-order valence-electron chi connectivity index (χ0n) is 13.5. The van der Waals surface area contributed by atoms with E-state index in [0.29, 0.717) is 18.1 Å². The van der Waals surface area contributed by atoms with Gasteiger partial charge >= 0.3 is 0 Å². The van der Waals surface area contributed by atoms with Gasteiger partial charge in [0.25, 0.3) is 0 Å². The maximum absolute atomic E-state index is 12.2. The molecule has 0 aliphatic carbocycles. The van der Waals surface area contributed by atoms with E-state index in [9.17, 15) is 4.79 Å². The van der Waals surface area contributed by atoms with Crippen LogP contribution in [-0.4, -0.2) is 75.6 Å². The summed E-state index contributed by atoms with van der Waals surface area (Å²) in [6, 6.07) is 2.15. The Morgan fingerprint density at radius 1 is 1.48 bits per heavy atom. The second-order valence-corrected chi connectivity index (χ2v) is 6.05. The molecule has 124 valence electrons. The molecular weight excluding hydrogens is 298 g/mol. The summed E-state index contributed by atoms with van der Waals surface area (Å²) in [6.45, 7) is 3.63. The van der Waals surface area contributed by atoms with Crippen LogP contribution in [0.1, 0.15) is 11.8 Å². The number of likely N-dealkylation sites (N-methyl/N-ethyl adjacent to an activating group) is 1. The van der Waals surface area contributed by atoms with Gasteiger partial charge in [0, 0.05) is 31.4 Å². The predicted octanol–water partition coefficient (Wildman–Crippen LogP) is 0.000120. The van der Waals surface area contributed by atoms with Crippen molar-refractivity contribution in [3.63, 3.8) is 0 Å². The van der Waals surface area contributed by atoms with Crippen molar-refractivity contribution in [2.45, 2.75) is 19.0 Å². The van der Waals surface area contributed by atoms with E-state index in [1.54, 1.807) is 19.2 Å². The Morgan fingerprint density at radius 2 is 2.30 bits per heavy atom. The summed E-state index contributed by atoms with van der Waals surface area (Å²) in [5, 5.41) is 14.5. The van der Waals surface area contributed by atoms with Crippen molar-refractivity contribution in [3.05, 3.63) is 24.2 Å². The fourth-order valence-corrected chi connectivity index (χ4v) is 2.95. The molecule has 1 saturated heterocycles. The average Bonchev–Trinajstić information content (AvgIpc) is 3.18. The number of amides is 1. The predicted molar refractivity (Wildman–Crippen MR) is 82.8 cm³/mol. The molecule has 3 heterocycles. The molecule has 1 aliphatic heterocycles. The summed E-state index contributed by atoms with van der Waals surface area (Å²) in [5.74, 6) is 1.01. The van der Waals surface area contributed by atoms with Gasteiger partial charge in [-0.3, -0.25) is 9.69 Å². The Kier molecular flexibility index (Phi) is 4.39. The molecule has 0 radical (unpaired) electrons. The number of hydrogen-bond donors (Lipinski definition) is 1. The minimum atomic E-state index is -0.102. The molecule has 0 saturated carbocycles. The van der Waals surface area contributed by atoms with Crippen LogP contribution in [0.3, 0.4) is 0 Å². The van der Waals surface area contributed by atoms with E-state index in [4.69, 9.17) is 4.52 Å². The molecule has 0 aromatic carbocycles. The molecular formula is C14H21N7O2. The van der Waals surface area contributed by atoms with Crippen molar-refractivity contribution >= 4 is 11.7 Å². The van der Waals surface area contributed by atoms with Crippen molar-refractivity contribution in [1.29, 1.82) is 0 Å². The van der Waals surface area contributed by atoms with Gasteiger partial charge in [0.05, 0.1) is 18.8 Å². The van der Waals surface area contributed by atoms with E-state index in [-0.39, 0.29) is 18.0 Å². The van der Waals surface area contributed by atoms with Crippen LogP contribution in [-0.2, 0) is 4.79 Å². The van der Waals surface area contributed by atoms with Crippen LogP contribution >= 0.6 is 0 Å². The summed E-state index contributed by atoms with van der Waals surface area (Å²) < 4.78 is 6.81. The van der Waals surface area contributed by atoms with Crippen molar-refractivity contribution in [2.75, 3.05) is 39.0 Å². The Morgan fingerprint density at radius 3 is 2.91 bits per heavy atom. The molecule has 9 nitrogen and oxygen atoms in total. The van der Waals surface area contributed by atoms with Gasteiger partial charge in [-0.2, -0.15) is 0 Å². The SMILES string of the molecule is Cc1cc(NC(=O)CN2C[C@@H](N(C)C)[C@@H](n3ccnn3)C2)no1. The Labute approximate surface area is 134 Å². The smallest absolute Gasteiger partial charge is 0.239 e. The summed E-state index contributed by atoms with van der Waals surface area (Å²) in [6.07, 6.45) is 3.54. The van der Waals surface area contributed by atoms with Crippen LogP contribution in [0.25, 0.3) is 0 Å². The number of aryl methyl sites for hydroxylation is 1. The van der Waals surface area contributed by atoms with Gasteiger partial charge in [-0.05, 0) is 21.0 Å². The van der Waals surface area contributed by atoms with Gasteiger partial charge in [0.2, 0.25) is 5.91 Å². The Bertz CT molecular complexity index is 652. The van der Waals surface area contributed by atoms with Crippen molar-refractivity contribution in [3.8, 4) is 0 Å². The topological polar surface area (TPSA) is 92.3 Å². The largest absolute Gasteiger partial charge is 0.360 e. The lowest BCUT2D eigenvalue weighted by molar-refractivity contribution is -0.117. The number of aromatic nitrogens is 4. The van der Waals surface area contributed by atoms with Crippen LogP contribution in [0, 0.1) is 6.92 Å². The molecule has 9 heteroatoms. The number of rotatable bonds is 5. The summed E-state index contributed by atoms with van der Waals surface area (Å²) >= 11 is 0. The second kappa shape index (κ2) is 6.47. The molecule has 23 heavy (non-hydrogen) atoms. The number of hydrogen-bond acceptors (Lipinski definition) is 7. The van der Waals surface area contributed by atoms with Crippen LogP contribution in [0.15, 0.2) is 23.0 Å². The summed E-state index contributed by atoms with van der Waals surface area (Å²) in [4.78, 5) is 16.4. The summed E-state index contributed by atoms with van der Waals surface area (Å²) in [5.41, 5.74) is 0. The first-order valence-electron chi connectivity index (χ1n) is 7.50. The third-order valence-corrected chi connectivity index (χ3v) is 4.04. The molecule has 1 amide bonds. The maximum atomic E-state index is 12.2. The second-order valence-electron chi connectivity index (χ2n) is 6.05. The lowest BCUT2D eigenvalue weighted by Crippen LogP contribution is -2.37. The zero-order chi connectivity index (χ0) is 16.4. The number of likely N-dealkylation sites (tertiary alicyclic amines) is 1. The van der Waals surface area contributed by atoms with Crippen LogP contribution in [0.5, 0.6) is 0 Å². The minimum Gasteiger partial charge on any atom is -0.360 e. The van der Waals surface area contributed by atoms with Crippen molar-refractivity contribution < 1.29 is 9.32 Å². The Hall–Kier alpha value is -2.26. The van der Waals surface area contributed by atoms with Gasteiger partial charge < -0.3 is 14.7 Å². The van der Waals surface area contributed by atoms with Gasteiger partial charge in [-0.25, -0.2) is 4.68 Å². The highest BCUT2D eigenvalue weighted by molar-refractivity contribution is 5.91. The van der Waals surface area contributed by atoms with E-state index in [2.05, 4.69) is 30.6 Å². The highest BCUT2D eigenvalue weighted by atomic mass is 16.5. The maximum Gasteiger partial charge on any atom is 0.239 e. The van der Waals surface area contributed by atoms with E-state index in [1.807, 2.05) is 25.0 Å². The third-order valence-electron chi connectivity index (χ3n) is 4.04. The molecule has 1 fully saturated rings. The highest BCUT2D eigenvalue weighted by Crippen LogP contribution is 2.24. The third kappa shape index (κ3) is 3.57. The van der Waals surface area contributed by atoms with Gasteiger partial charge in [0.15, 0.2) is 5.82 Å². The molecule has 1 aliphatic rings. The first-order valence-corrected chi connectivity index (χ1v) is 7.50. The van der Waals surface area contributed by atoms with E-state index in [1.165, 1.54) is 0 Å². The lowest BCUT2D eigenvalue weighted by Gasteiger charge is -2.24. The standard InChI is InChI=1S/C14H21N7O2/c1-10-6-13(17-23-10)16-14(22)9-20-7-11(19(2)3)12(8-20)21-5-4-15-18-21/h4-6,11-12H,7-9H2,1-3H3,(H,16,17,22)/t11-,12+/m1/s1. The molecule has 2 aromatic rings. The number of anilines is 1. The van der Waals surface area contributed by atoms with E-state index < -0.39 is 0 Å². The summed E-state index contributed by atoms with van der Waals surface area (Å²) in [7, 11) is 4.08. The highest BCUT2D eigenvalue weighted by Gasteiger charge is 2.36. The van der Waals surface area contributed by atoms with Crippen molar-refractivity contribution in [2.24, 2.45) is 0 Å². The number of nitrogens with one attached hydrogen (secondary N) is 1. The number of carbonyl (C=O) groups excluding carboxylic acids is 1. The number of carbonyl (C=O) groups is 1. The number of nitrogens with zero attached hydrogens (tertiary/aromatic N) is 6. The fraction of sp³-hybridized carbons (Fsp3) is 0.571. The molecule has 2 atom stereocenters. The fourth-order valence-electron chi connectivity index (χ4n) is 2.95. The van der Waals surface area contributed by atoms with Crippen LogP contribution in [0.4, 0.5) is 5.82 Å². The van der Waals surface area contributed by atoms with E-state index >= 15 is 0 Å².